The molecule has 3 atom stereocenters. The van der Waals surface area contributed by atoms with Gasteiger partial charge in [-0.2, -0.15) is 0 Å². The Labute approximate surface area is 141 Å². The lowest BCUT2D eigenvalue weighted by Crippen LogP contribution is -2.50. The fourth-order valence-electron chi connectivity index (χ4n) is 1.91. The van der Waals surface area contributed by atoms with Crippen LogP contribution in [0.5, 0.6) is 0 Å². The molecule has 0 aliphatic rings. The van der Waals surface area contributed by atoms with Crippen molar-refractivity contribution in [3.05, 3.63) is 0 Å². The summed E-state index contributed by atoms with van der Waals surface area (Å²) in [4.78, 5) is 46.1. The van der Waals surface area contributed by atoms with Crippen LogP contribution in [0.25, 0.3) is 0 Å². The van der Waals surface area contributed by atoms with Crippen LogP contribution in [-0.2, 0) is 19.2 Å². The number of hydrogen-bond donors (Lipinski definition) is 6. The second-order valence-electron chi connectivity index (χ2n) is 5.60. The first-order chi connectivity index (χ1) is 11.2. The second kappa shape index (κ2) is 11.4. The van der Waals surface area contributed by atoms with E-state index in [-0.39, 0.29) is 12.8 Å². The van der Waals surface area contributed by atoms with E-state index in [1.54, 1.807) is 0 Å². The van der Waals surface area contributed by atoms with Gasteiger partial charge < -0.3 is 33.6 Å². The molecule has 0 saturated carbocycles. The number of hydrogen-bond acceptors (Lipinski definition) is 6. The van der Waals surface area contributed by atoms with Crippen LogP contribution in [0, 0.1) is 0 Å². The van der Waals surface area contributed by atoms with Crippen molar-refractivity contribution >= 4 is 23.6 Å². The third kappa shape index (κ3) is 9.06. The zero-order chi connectivity index (χ0) is 18.7. The molecule has 24 heavy (non-hydrogen) atoms. The van der Waals surface area contributed by atoms with Crippen molar-refractivity contribution in [1.82, 2.24) is 10.6 Å². The Kier molecular flexibility index (Phi) is 10.3. The molecule has 10 nitrogen and oxygen atoms in total. The molecule has 0 rings (SSSR count). The van der Waals surface area contributed by atoms with Gasteiger partial charge in [-0.25, -0.2) is 0 Å². The van der Waals surface area contributed by atoms with Gasteiger partial charge in [0.2, 0.25) is 23.6 Å². The zero-order valence-corrected chi connectivity index (χ0v) is 13.9. The molecule has 0 bridgehead atoms. The molecule has 0 heterocycles. The highest BCUT2D eigenvalue weighted by Crippen LogP contribution is 2.03. The van der Waals surface area contributed by atoms with Crippen LogP contribution in [0.2, 0.25) is 0 Å². The fraction of sp³-hybridized carbons (Fsp3) is 0.714. The van der Waals surface area contributed by atoms with Crippen molar-refractivity contribution in [3.63, 3.8) is 0 Å². The van der Waals surface area contributed by atoms with Crippen LogP contribution < -0.4 is 33.6 Å². The highest BCUT2D eigenvalue weighted by Gasteiger charge is 2.22. The average molecular weight is 344 g/mol. The van der Waals surface area contributed by atoms with E-state index in [9.17, 15) is 19.2 Å². The van der Waals surface area contributed by atoms with Crippen LogP contribution >= 0.6 is 0 Å². The first kappa shape index (κ1) is 21.8. The molecule has 0 radical (unpaired) electrons. The summed E-state index contributed by atoms with van der Waals surface area (Å²) in [5.41, 5.74) is 21.2. The summed E-state index contributed by atoms with van der Waals surface area (Å²) in [6.45, 7) is 1.94. The minimum Gasteiger partial charge on any atom is -0.368 e. The molecule has 4 amide bonds. The van der Waals surface area contributed by atoms with Gasteiger partial charge in [-0.05, 0) is 39.2 Å². The molecule has 2 unspecified atom stereocenters. The molecule has 0 spiro atoms. The molecule has 0 fully saturated rings. The van der Waals surface area contributed by atoms with E-state index in [4.69, 9.17) is 22.9 Å². The molecule has 0 aromatic heterocycles. The number of unbranched alkanes of at least 4 members (excludes halogenated alkanes) is 1. The summed E-state index contributed by atoms with van der Waals surface area (Å²) < 4.78 is 0. The van der Waals surface area contributed by atoms with Gasteiger partial charge in [0.25, 0.3) is 0 Å². The monoisotopic (exact) mass is 344 g/mol. The van der Waals surface area contributed by atoms with Crippen LogP contribution in [0.1, 0.15) is 39.0 Å². The smallest absolute Gasteiger partial charge is 0.240 e. The normalized spacial score (nSPS) is 14.3. The van der Waals surface area contributed by atoms with E-state index in [0.29, 0.717) is 25.8 Å². The highest BCUT2D eigenvalue weighted by atomic mass is 16.2. The topological polar surface area (TPSA) is 196 Å². The molecule has 0 aromatic carbocycles. The number of nitrogens with two attached hydrogens (primary N) is 4. The van der Waals surface area contributed by atoms with Crippen molar-refractivity contribution in [2.45, 2.75) is 57.2 Å². The van der Waals surface area contributed by atoms with Gasteiger partial charge in [0.1, 0.15) is 12.1 Å². The Morgan fingerprint density at radius 3 is 1.92 bits per heavy atom. The number of nitrogens with one attached hydrogen (secondary N) is 2. The number of carbonyl (C=O) groups is 4. The summed E-state index contributed by atoms with van der Waals surface area (Å²) >= 11 is 0. The first-order valence-corrected chi connectivity index (χ1v) is 7.83. The van der Waals surface area contributed by atoms with Gasteiger partial charge in [-0.3, -0.25) is 19.2 Å². The third-order valence-corrected chi connectivity index (χ3v) is 3.36. The summed E-state index contributed by atoms with van der Waals surface area (Å²) in [5, 5.41) is 4.87. The molecular formula is C14H28N6O4. The van der Waals surface area contributed by atoms with E-state index in [0.717, 1.165) is 0 Å². The van der Waals surface area contributed by atoms with Crippen molar-refractivity contribution < 1.29 is 19.2 Å². The van der Waals surface area contributed by atoms with Crippen molar-refractivity contribution in [3.8, 4) is 0 Å². The van der Waals surface area contributed by atoms with Crippen molar-refractivity contribution in [1.29, 1.82) is 0 Å². The minimum absolute atomic E-state index is 0.00604. The van der Waals surface area contributed by atoms with E-state index >= 15 is 0 Å². The standard InChI is InChI=1S/C14H28N6O4/c1-8(16)14(24)20-10(13(18)23)5-6-11(21)19-9(12(17)22)4-2-3-7-15/h8-10H,2-7,15-16H2,1H3,(H2,17,22)(H2,18,23)(H,19,21)(H,20,24)/t8?,9?,10-/m0/s1. The summed E-state index contributed by atoms with van der Waals surface area (Å²) in [7, 11) is 0. The van der Waals surface area contributed by atoms with Gasteiger partial charge >= 0.3 is 0 Å². The lowest BCUT2D eigenvalue weighted by Gasteiger charge is -2.18. The van der Waals surface area contributed by atoms with Crippen LogP contribution in [0.15, 0.2) is 0 Å². The number of primary amides is 2. The van der Waals surface area contributed by atoms with E-state index in [1.807, 2.05) is 0 Å². The number of carbonyl (C=O) groups excluding carboxylic acids is 4. The predicted octanol–water partition coefficient (Wildman–Crippen LogP) is -2.82. The minimum atomic E-state index is -1.02. The first-order valence-electron chi connectivity index (χ1n) is 7.83. The highest BCUT2D eigenvalue weighted by molar-refractivity contribution is 5.90. The van der Waals surface area contributed by atoms with Crippen molar-refractivity contribution in [2.24, 2.45) is 22.9 Å². The van der Waals surface area contributed by atoms with Gasteiger partial charge in [0, 0.05) is 6.42 Å². The molecule has 0 saturated heterocycles. The SMILES string of the molecule is CC(N)C(=O)N[C@@H](CCC(=O)NC(CCCCN)C(N)=O)C(N)=O. The maximum atomic E-state index is 11.9. The fourth-order valence-corrected chi connectivity index (χ4v) is 1.91. The maximum absolute atomic E-state index is 11.9. The zero-order valence-electron chi connectivity index (χ0n) is 13.9. The van der Waals surface area contributed by atoms with E-state index in [1.165, 1.54) is 6.92 Å². The van der Waals surface area contributed by atoms with Gasteiger partial charge in [0.15, 0.2) is 0 Å². The predicted molar refractivity (Wildman–Crippen MR) is 88.0 cm³/mol. The molecule has 0 aromatic rings. The maximum Gasteiger partial charge on any atom is 0.240 e. The van der Waals surface area contributed by atoms with Crippen LogP contribution in [0.3, 0.4) is 0 Å². The Morgan fingerprint density at radius 1 is 0.917 bits per heavy atom. The summed E-state index contributed by atoms with van der Waals surface area (Å²) in [5.74, 6) is -2.42. The molecular weight excluding hydrogens is 316 g/mol. The van der Waals surface area contributed by atoms with Crippen molar-refractivity contribution in [2.75, 3.05) is 6.54 Å². The van der Waals surface area contributed by atoms with Crippen LogP contribution in [-0.4, -0.2) is 48.3 Å². The van der Waals surface area contributed by atoms with E-state index < -0.39 is 41.8 Å². The summed E-state index contributed by atoms with van der Waals surface area (Å²) in [6.07, 6.45) is 1.64. The largest absolute Gasteiger partial charge is 0.368 e. The molecule has 138 valence electrons. The van der Waals surface area contributed by atoms with Gasteiger partial charge in [-0.1, -0.05) is 0 Å². The molecule has 10 N–H and O–H groups in total. The quantitative estimate of drug-likeness (QED) is 0.206. The Bertz CT molecular complexity index is 455. The second-order valence-corrected chi connectivity index (χ2v) is 5.60. The van der Waals surface area contributed by atoms with E-state index in [2.05, 4.69) is 10.6 Å². The Hall–Kier alpha value is -2.20. The Balaban J connectivity index is 4.47. The van der Waals surface area contributed by atoms with Gasteiger partial charge in [0.05, 0.1) is 6.04 Å². The molecule has 10 heteroatoms. The average Bonchev–Trinajstić information content (AvgIpc) is 2.49. The lowest BCUT2D eigenvalue weighted by molar-refractivity contribution is -0.129. The summed E-state index contributed by atoms with van der Waals surface area (Å²) in [6, 6.07) is -2.62. The molecule has 0 aliphatic heterocycles. The third-order valence-electron chi connectivity index (χ3n) is 3.36. The number of amides is 4. The van der Waals surface area contributed by atoms with Gasteiger partial charge in [-0.15, -0.1) is 0 Å². The number of rotatable bonds is 12. The lowest BCUT2D eigenvalue weighted by atomic mass is 10.1. The molecule has 0 aliphatic carbocycles. The Morgan fingerprint density at radius 2 is 1.46 bits per heavy atom. The van der Waals surface area contributed by atoms with Crippen LogP contribution in [0.4, 0.5) is 0 Å².